The van der Waals surface area contributed by atoms with E-state index in [1.807, 2.05) is 0 Å². The number of hydrogen-bond acceptors (Lipinski definition) is 4. The molecular weight excluding hydrogens is 266 g/mol. The zero-order chi connectivity index (χ0) is 13.4. The van der Waals surface area contributed by atoms with Gasteiger partial charge in [-0.3, -0.25) is 9.78 Å². The number of aromatic nitrogens is 4. The van der Waals surface area contributed by atoms with Gasteiger partial charge in [0.1, 0.15) is 5.69 Å². The molecule has 2 aromatic heterocycles. The van der Waals surface area contributed by atoms with E-state index >= 15 is 0 Å². The lowest BCUT2D eigenvalue weighted by Crippen LogP contribution is -2.12. The van der Waals surface area contributed by atoms with Crippen molar-refractivity contribution in [2.75, 3.05) is 0 Å². The molecule has 1 aromatic carbocycles. The molecule has 0 aliphatic heterocycles. The van der Waals surface area contributed by atoms with Crippen molar-refractivity contribution in [1.82, 2.24) is 20.4 Å². The van der Waals surface area contributed by atoms with Crippen LogP contribution >= 0.6 is 11.6 Å². The Balaban J connectivity index is 2.23. The fourth-order valence-electron chi connectivity index (χ4n) is 1.86. The number of fused-ring (bicyclic) bond motifs is 1. The highest BCUT2D eigenvalue weighted by molar-refractivity contribution is 6.35. The van der Waals surface area contributed by atoms with Crippen molar-refractivity contribution in [3.63, 3.8) is 0 Å². The average Bonchev–Trinajstić information content (AvgIpc) is 2.88. The van der Waals surface area contributed by atoms with E-state index in [1.165, 1.54) is 0 Å². The van der Waals surface area contributed by atoms with E-state index in [4.69, 9.17) is 17.3 Å². The van der Waals surface area contributed by atoms with Gasteiger partial charge in [0.05, 0.1) is 10.5 Å². The third-order valence-electron chi connectivity index (χ3n) is 2.74. The first-order chi connectivity index (χ1) is 9.16. The van der Waals surface area contributed by atoms with E-state index in [9.17, 15) is 4.79 Å². The van der Waals surface area contributed by atoms with Crippen LogP contribution in [0.15, 0.2) is 30.5 Å². The number of pyridine rings is 1. The molecule has 0 bridgehead atoms. The van der Waals surface area contributed by atoms with Gasteiger partial charge in [0.2, 0.25) is 0 Å². The van der Waals surface area contributed by atoms with E-state index in [1.54, 1.807) is 30.5 Å². The number of carbonyl (C=O) groups excluding carboxylic acids is 1. The molecule has 0 fully saturated rings. The van der Waals surface area contributed by atoms with Crippen molar-refractivity contribution < 1.29 is 4.79 Å². The van der Waals surface area contributed by atoms with Crippen LogP contribution in [0.4, 0.5) is 0 Å². The largest absolute Gasteiger partial charge is 0.364 e. The molecule has 0 saturated heterocycles. The van der Waals surface area contributed by atoms with Gasteiger partial charge in [-0.05, 0) is 18.2 Å². The molecule has 0 unspecified atom stereocenters. The van der Waals surface area contributed by atoms with Crippen LogP contribution in [-0.2, 0) is 0 Å². The van der Waals surface area contributed by atoms with E-state index in [0.29, 0.717) is 16.3 Å². The second kappa shape index (κ2) is 4.33. The van der Waals surface area contributed by atoms with E-state index in [2.05, 4.69) is 20.4 Å². The minimum absolute atomic E-state index is 0.0966. The Labute approximate surface area is 112 Å². The van der Waals surface area contributed by atoms with Crippen LogP contribution in [0.5, 0.6) is 0 Å². The minimum Gasteiger partial charge on any atom is -0.364 e. The summed E-state index contributed by atoms with van der Waals surface area (Å²) in [5.74, 6) is -0.638. The number of nitrogens with zero attached hydrogens (tertiary/aromatic N) is 3. The first-order valence-electron chi connectivity index (χ1n) is 5.42. The van der Waals surface area contributed by atoms with Crippen LogP contribution in [0.2, 0.25) is 5.02 Å². The van der Waals surface area contributed by atoms with Crippen molar-refractivity contribution in [2.45, 2.75) is 0 Å². The summed E-state index contributed by atoms with van der Waals surface area (Å²) in [7, 11) is 0. The molecule has 1 amide bonds. The van der Waals surface area contributed by atoms with Crippen molar-refractivity contribution in [3.05, 3.63) is 41.2 Å². The zero-order valence-electron chi connectivity index (χ0n) is 9.59. The summed E-state index contributed by atoms with van der Waals surface area (Å²) in [5.41, 5.74) is 7.20. The number of nitrogens with one attached hydrogen (secondary N) is 1. The topological polar surface area (TPSA) is 97.6 Å². The van der Waals surface area contributed by atoms with Crippen molar-refractivity contribution >= 4 is 28.4 Å². The summed E-state index contributed by atoms with van der Waals surface area (Å²) < 4.78 is 0. The Hall–Kier alpha value is -2.47. The minimum atomic E-state index is -0.638. The third kappa shape index (κ3) is 1.92. The monoisotopic (exact) mass is 273 g/mol. The number of primary amides is 1. The molecule has 3 rings (SSSR count). The molecule has 0 aliphatic carbocycles. The van der Waals surface area contributed by atoms with Crippen molar-refractivity contribution in [2.24, 2.45) is 5.73 Å². The van der Waals surface area contributed by atoms with Gasteiger partial charge in [-0.15, -0.1) is 0 Å². The normalized spacial score (nSPS) is 10.8. The van der Waals surface area contributed by atoms with Gasteiger partial charge in [0, 0.05) is 17.1 Å². The van der Waals surface area contributed by atoms with Crippen LogP contribution in [0, 0.1) is 0 Å². The summed E-state index contributed by atoms with van der Waals surface area (Å²) in [6, 6.07) is 7.09. The van der Waals surface area contributed by atoms with Gasteiger partial charge < -0.3 is 5.73 Å². The Morgan fingerprint density at radius 2 is 2.11 bits per heavy atom. The first kappa shape index (κ1) is 11.6. The predicted octanol–water partition coefficient (Wildman–Crippen LogP) is 1.77. The van der Waals surface area contributed by atoms with Crippen molar-refractivity contribution in [3.8, 4) is 11.3 Å². The fourth-order valence-corrected chi connectivity index (χ4v) is 2.07. The molecule has 0 atom stereocenters. The highest BCUT2D eigenvalue weighted by Gasteiger charge is 2.15. The summed E-state index contributed by atoms with van der Waals surface area (Å²) in [6.07, 6.45) is 1.63. The second-order valence-electron chi connectivity index (χ2n) is 3.91. The van der Waals surface area contributed by atoms with Gasteiger partial charge in [-0.25, -0.2) is 0 Å². The Bertz CT molecular complexity index is 783. The number of amides is 1. The number of carbonyl (C=O) groups is 1. The lowest BCUT2D eigenvalue weighted by Gasteiger charge is -2.03. The molecule has 6 nitrogen and oxygen atoms in total. The number of nitrogens with two attached hydrogens (primary N) is 1. The van der Waals surface area contributed by atoms with Crippen molar-refractivity contribution in [1.29, 1.82) is 0 Å². The molecule has 0 saturated carbocycles. The Morgan fingerprint density at radius 1 is 1.26 bits per heavy atom. The Morgan fingerprint density at radius 3 is 2.89 bits per heavy atom. The number of halogens is 1. The quantitative estimate of drug-likeness (QED) is 0.743. The molecule has 2 heterocycles. The van der Waals surface area contributed by atoms with Crippen LogP contribution in [0.1, 0.15) is 10.5 Å². The SMILES string of the molecule is NC(=O)c1n[nH]nc1-c1ccc2nccc(Cl)c2c1. The highest BCUT2D eigenvalue weighted by Crippen LogP contribution is 2.27. The zero-order valence-corrected chi connectivity index (χ0v) is 10.3. The lowest BCUT2D eigenvalue weighted by molar-refractivity contribution is 0.0996. The molecule has 0 radical (unpaired) electrons. The number of benzene rings is 1. The third-order valence-corrected chi connectivity index (χ3v) is 3.07. The van der Waals surface area contributed by atoms with Gasteiger partial charge in [0.25, 0.3) is 5.91 Å². The lowest BCUT2D eigenvalue weighted by atomic mass is 10.1. The maximum atomic E-state index is 11.2. The van der Waals surface area contributed by atoms with Gasteiger partial charge in [-0.2, -0.15) is 15.4 Å². The van der Waals surface area contributed by atoms with E-state index in [-0.39, 0.29) is 5.69 Å². The van der Waals surface area contributed by atoms with Gasteiger partial charge in [0.15, 0.2) is 5.69 Å². The summed E-state index contributed by atoms with van der Waals surface area (Å²) in [5, 5.41) is 11.4. The summed E-state index contributed by atoms with van der Waals surface area (Å²) >= 11 is 6.12. The number of H-pyrrole nitrogens is 1. The average molecular weight is 274 g/mol. The molecule has 7 heteroatoms. The van der Waals surface area contributed by atoms with Gasteiger partial charge in [-0.1, -0.05) is 17.7 Å². The summed E-state index contributed by atoms with van der Waals surface area (Å²) in [6.45, 7) is 0. The predicted molar refractivity (Wildman–Crippen MR) is 70.6 cm³/mol. The highest BCUT2D eigenvalue weighted by atomic mass is 35.5. The maximum Gasteiger partial charge on any atom is 0.271 e. The summed E-state index contributed by atoms with van der Waals surface area (Å²) in [4.78, 5) is 15.5. The number of rotatable bonds is 2. The smallest absolute Gasteiger partial charge is 0.271 e. The van der Waals surface area contributed by atoms with Crippen LogP contribution in [-0.4, -0.2) is 26.3 Å². The maximum absolute atomic E-state index is 11.2. The number of hydrogen-bond donors (Lipinski definition) is 2. The number of aromatic amines is 1. The molecule has 0 spiro atoms. The molecular formula is C12H8ClN5O. The molecule has 3 N–H and O–H groups in total. The fraction of sp³-hybridized carbons (Fsp3) is 0. The molecule has 19 heavy (non-hydrogen) atoms. The van der Waals surface area contributed by atoms with E-state index < -0.39 is 5.91 Å². The van der Waals surface area contributed by atoms with Gasteiger partial charge >= 0.3 is 0 Å². The van der Waals surface area contributed by atoms with Crippen LogP contribution in [0.3, 0.4) is 0 Å². The van der Waals surface area contributed by atoms with E-state index in [0.717, 1.165) is 10.9 Å². The standard InChI is InChI=1S/C12H8ClN5O/c13-8-3-4-15-9-2-1-6(5-7(8)9)10-11(12(14)19)17-18-16-10/h1-5H,(H2,14,19)(H,16,17,18). The second-order valence-corrected chi connectivity index (χ2v) is 4.32. The molecule has 0 aliphatic rings. The Kier molecular flexibility index (Phi) is 2.64. The first-order valence-corrected chi connectivity index (χ1v) is 5.80. The van der Waals surface area contributed by atoms with Crippen LogP contribution < -0.4 is 5.73 Å². The molecule has 3 aromatic rings. The molecule has 94 valence electrons. The van der Waals surface area contributed by atoms with Crippen LogP contribution in [0.25, 0.3) is 22.2 Å².